The quantitative estimate of drug-likeness (QED) is 0.325. The summed E-state index contributed by atoms with van der Waals surface area (Å²) in [6, 6.07) is 22.3. The fourth-order valence-corrected chi connectivity index (χ4v) is 4.99. The lowest BCUT2D eigenvalue weighted by Gasteiger charge is -2.48. The van der Waals surface area contributed by atoms with Crippen molar-refractivity contribution in [2.45, 2.75) is 31.8 Å². The number of ether oxygens (including phenoxy) is 1. The molecule has 166 valence electrons. The third-order valence-electron chi connectivity index (χ3n) is 6.51. The van der Waals surface area contributed by atoms with Crippen molar-refractivity contribution >= 4 is 28.3 Å². The lowest BCUT2D eigenvalue weighted by molar-refractivity contribution is -0.167. The van der Waals surface area contributed by atoms with Gasteiger partial charge in [-0.3, -0.25) is 14.4 Å². The predicted molar refractivity (Wildman–Crippen MR) is 126 cm³/mol. The molecule has 3 aromatic rings. The molecular weight excluding hydrogens is 414 g/mol. The highest BCUT2D eigenvalue weighted by Gasteiger charge is 2.62. The van der Waals surface area contributed by atoms with Gasteiger partial charge in [-0.15, -0.1) is 0 Å². The van der Waals surface area contributed by atoms with Gasteiger partial charge in [-0.2, -0.15) is 0 Å². The first-order valence-electron chi connectivity index (χ1n) is 11.4. The lowest BCUT2D eigenvalue weighted by Crippen LogP contribution is -2.58. The van der Waals surface area contributed by atoms with Crippen LogP contribution in [0.2, 0.25) is 0 Å². The van der Waals surface area contributed by atoms with E-state index in [1.165, 1.54) is 6.92 Å². The molecule has 0 amide bonds. The summed E-state index contributed by atoms with van der Waals surface area (Å²) in [7, 11) is 0. The van der Waals surface area contributed by atoms with E-state index in [4.69, 9.17) is 4.74 Å². The molecule has 1 aliphatic carbocycles. The van der Waals surface area contributed by atoms with Crippen LogP contribution in [-0.4, -0.2) is 35.5 Å². The molecule has 1 heterocycles. The zero-order chi connectivity index (χ0) is 23.0. The summed E-state index contributed by atoms with van der Waals surface area (Å²) in [5.41, 5.74) is 0.0633. The normalized spacial score (nSPS) is 20.5. The first-order valence-corrected chi connectivity index (χ1v) is 11.4. The van der Waals surface area contributed by atoms with Crippen LogP contribution in [0, 0.1) is 0 Å². The summed E-state index contributed by atoms with van der Waals surface area (Å²) in [5, 5.41) is 1.96. The van der Waals surface area contributed by atoms with E-state index in [9.17, 15) is 14.4 Å². The van der Waals surface area contributed by atoms with E-state index in [0.29, 0.717) is 29.9 Å². The number of hydrogen-bond donors (Lipinski definition) is 0. The molecule has 0 spiro atoms. The van der Waals surface area contributed by atoms with Crippen LogP contribution in [0.15, 0.2) is 84.1 Å². The second-order valence-corrected chi connectivity index (χ2v) is 8.63. The van der Waals surface area contributed by atoms with Gasteiger partial charge in [0.1, 0.15) is 0 Å². The van der Waals surface area contributed by atoms with Crippen LogP contribution >= 0.6 is 0 Å². The van der Waals surface area contributed by atoms with Crippen molar-refractivity contribution in [2.24, 2.45) is 0 Å². The summed E-state index contributed by atoms with van der Waals surface area (Å²) in [5.74, 6) is -1.34. The molecule has 1 unspecified atom stereocenters. The molecule has 0 saturated carbocycles. The highest BCUT2D eigenvalue weighted by Crippen LogP contribution is 2.50. The van der Waals surface area contributed by atoms with E-state index in [1.807, 2.05) is 48.5 Å². The van der Waals surface area contributed by atoms with Crippen molar-refractivity contribution in [3.63, 3.8) is 0 Å². The van der Waals surface area contributed by atoms with Gasteiger partial charge in [0.25, 0.3) is 0 Å². The van der Waals surface area contributed by atoms with Gasteiger partial charge in [0.2, 0.25) is 11.4 Å². The third kappa shape index (κ3) is 3.44. The number of Topliss-reactive ketones (excluding diaryl/α,β-unsaturated/α-hetero) is 2. The van der Waals surface area contributed by atoms with Crippen LogP contribution in [-0.2, 0) is 19.9 Å². The summed E-state index contributed by atoms with van der Waals surface area (Å²) in [4.78, 5) is 41.7. The number of rotatable bonds is 5. The zero-order valence-corrected chi connectivity index (χ0v) is 18.5. The summed E-state index contributed by atoms with van der Waals surface area (Å²) in [6.07, 6.45) is 3.01. The van der Waals surface area contributed by atoms with Gasteiger partial charge in [0, 0.05) is 31.1 Å². The number of piperidine rings is 1. The fraction of sp³-hybridized carbons (Fsp3) is 0.250. The Morgan fingerprint density at radius 1 is 0.848 bits per heavy atom. The third-order valence-corrected chi connectivity index (χ3v) is 6.51. The molecule has 1 fully saturated rings. The molecule has 1 aliphatic heterocycles. The summed E-state index contributed by atoms with van der Waals surface area (Å²) in [6.45, 7) is 2.73. The molecule has 1 saturated heterocycles. The molecule has 5 nitrogen and oxygen atoms in total. The number of carbonyl (C=O) groups excluding carboxylic acids is 3. The summed E-state index contributed by atoms with van der Waals surface area (Å²) < 4.78 is 5.86. The second kappa shape index (κ2) is 8.32. The van der Waals surface area contributed by atoms with E-state index in [1.54, 1.807) is 24.3 Å². The van der Waals surface area contributed by atoms with Crippen LogP contribution in [0.25, 0.3) is 10.8 Å². The topological polar surface area (TPSA) is 63.7 Å². The van der Waals surface area contributed by atoms with Crippen molar-refractivity contribution in [1.29, 1.82) is 0 Å². The Labute approximate surface area is 192 Å². The van der Waals surface area contributed by atoms with Crippen molar-refractivity contribution in [2.75, 3.05) is 13.1 Å². The minimum atomic E-state index is -1.60. The van der Waals surface area contributed by atoms with Gasteiger partial charge < -0.3 is 9.64 Å². The van der Waals surface area contributed by atoms with Crippen molar-refractivity contribution in [3.05, 3.63) is 95.2 Å². The second-order valence-electron chi connectivity index (χ2n) is 8.63. The molecule has 2 aliphatic rings. The summed E-state index contributed by atoms with van der Waals surface area (Å²) >= 11 is 0. The molecule has 5 rings (SSSR count). The van der Waals surface area contributed by atoms with Gasteiger partial charge in [0.15, 0.2) is 5.78 Å². The molecule has 0 radical (unpaired) electrons. The van der Waals surface area contributed by atoms with E-state index in [0.717, 1.165) is 30.0 Å². The molecular formula is C28H25NO4. The molecule has 5 heteroatoms. The van der Waals surface area contributed by atoms with Gasteiger partial charge >= 0.3 is 5.97 Å². The first kappa shape index (κ1) is 21.1. The number of fused-ring (bicyclic) bond motifs is 1. The van der Waals surface area contributed by atoms with Crippen LogP contribution in [0.5, 0.6) is 0 Å². The highest BCUT2D eigenvalue weighted by atomic mass is 16.6. The number of nitrogens with zero attached hydrogens (tertiary/aromatic N) is 1. The minimum Gasteiger partial charge on any atom is -0.439 e. The Hall–Kier alpha value is -3.73. The number of benzene rings is 3. The number of ketones is 2. The maximum Gasteiger partial charge on any atom is 0.304 e. The lowest BCUT2D eigenvalue weighted by atomic mass is 9.68. The minimum absolute atomic E-state index is 0.123. The Kier molecular flexibility index (Phi) is 5.33. The Balaban J connectivity index is 1.73. The maximum absolute atomic E-state index is 13.8. The van der Waals surface area contributed by atoms with Gasteiger partial charge in [-0.05, 0) is 36.1 Å². The number of carbonyl (C=O) groups is 3. The highest BCUT2D eigenvalue weighted by molar-refractivity contribution is 6.34. The molecule has 0 N–H and O–H groups in total. The van der Waals surface area contributed by atoms with Crippen LogP contribution in [0.4, 0.5) is 0 Å². The average Bonchev–Trinajstić information content (AvgIpc) is 2.85. The smallest absolute Gasteiger partial charge is 0.304 e. The molecule has 3 aromatic carbocycles. The maximum atomic E-state index is 13.8. The van der Waals surface area contributed by atoms with Gasteiger partial charge in [-0.25, -0.2) is 0 Å². The van der Waals surface area contributed by atoms with Crippen LogP contribution in [0.1, 0.15) is 42.1 Å². The largest absolute Gasteiger partial charge is 0.439 e. The monoisotopic (exact) mass is 439 g/mol. The molecule has 0 bridgehead atoms. The number of hydrogen-bond acceptors (Lipinski definition) is 5. The Bertz CT molecular complexity index is 1290. The first-order chi connectivity index (χ1) is 16.0. The zero-order valence-electron chi connectivity index (χ0n) is 18.5. The van der Waals surface area contributed by atoms with Crippen LogP contribution < -0.4 is 0 Å². The Morgan fingerprint density at radius 2 is 1.52 bits per heavy atom. The number of likely N-dealkylation sites (tertiary alicyclic amines) is 1. The van der Waals surface area contributed by atoms with Crippen molar-refractivity contribution in [1.82, 2.24) is 4.90 Å². The predicted octanol–water partition coefficient (Wildman–Crippen LogP) is 4.80. The van der Waals surface area contributed by atoms with Gasteiger partial charge in [0.05, 0.1) is 11.3 Å². The number of esters is 1. The van der Waals surface area contributed by atoms with E-state index >= 15 is 0 Å². The molecule has 0 aromatic heterocycles. The van der Waals surface area contributed by atoms with Gasteiger partial charge in [-0.1, -0.05) is 66.7 Å². The van der Waals surface area contributed by atoms with E-state index in [-0.39, 0.29) is 11.4 Å². The fourth-order valence-electron chi connectivity index (χ4n) is 4.99. The van der Waals surface area contributed by atoms with Crippen molar-refractivity contribution in [3.8, 4) is 0 Å². The van der Waals surface area contributed by atoms with Crippen LogP contribution in [0.3, 0.4) is 0 Å². The van der Waals surface area contributed by atoms with E-state index in [2.05, 4.69) is 4.90 Å². The standard InChI is InChI=1S/C28H25NO4/c1-19(30)33-28(23-15-14-20-10-6-7-13-22(20)18-23)26(29-16-8-3-9-17-29)24(27(28)32)25(31)21-11-4-2-5-12-21/h2,4-7,10-15,18H,3,8-9,16-17H2,1H3. The Morgan fingerprint density at radius 3 is 2.21 bits per heavy atom. The molecule has 1 atom stereocenters. The average molecular weight is 440 g/mol. The van der Waals surface area contributed by atoms with E-state index < -0.39 is 17.4 Å². The molecule has 33 heavy (non-hydrogen) atoms. The SMILES string of the molecule is CC(=O)OC1(c2ccc3ccccc3c2)C(=O)C(C(=O)c2ccccc2)=C1N1CCCCC1. The van der Waals surface area contributed by atoms with Crippen molar-refractivity contribution < 1.29 is 19.1 Å².